The van der Waals surface area contributed by atoms with E-state index in [4.69, 9.17) is 14.2 Å². The van der Waals surface area contributed by atoms with Crippen molar-refractivity contribution < 1.29 is 33.3 Å². The molecule has 0 fully saturated rings. The first-order valence-electron chi connectivity index (χ1n) is 8.57. The topological polar surface area (TPSA) is 100 Å². The summed E-state index contributed by atoms with van der Waals surface area (Å²) in [6.45, 7) is 0.101. The Balaban J connectivity index is 1.42. The maximum Gasteiger partial charge on any atom is 0.338 e. The van der Waals surface area contributed by atoms with E-state index in [1.165, 1.54) is 31.4 Å². The number of para-hydroxylation sites is 2. The Kier molecular flexibility index (Phi) is 6.11. The second-order valence-corrected chi connectivity index (χ2v) is 5.95. The summed E-state index contributed by atoms with van der Waals surface area (Å²) < 4.78 is 20.9. The van der Waals surface area contributed by atoms with E-state index >= 15 is 0 Å². The van der Waals surface area contributed by atoms with Crippen LogP contribution in [-0.4, -0.2) is 50.8 Å². The van der Waals surface area contributed by atoms with E-state index in [0.29, 0.717) is 23.7 Å². The molecular formula is C20H19NO7. The highest BCUT2D eigenvalue weighted by atomic mass is 16.6. The van der Waals surface area contributed by atoms with E-state index in [-0.39, 0.29) is 18.2 Å². The molecule has 0 spiro atoms. The fourth-order valence-electron chi connectivity index (χ4n) is 2.52. The van der Waals surface area contributed by atoms with Gasteiger partial charge < -0.3 is 24.3 Å². The fraction of sp³-hybridized carbons (Fsp3) is 0.250. The average Bonchev–Trinajstić information content (AvgIpc) is 2.75. The zero-order valence-corrected chi connectivity index (χ0v) is 15.2. The number of fused-ring (bicyclic) bond motifs is 1. The summed E-state index contributed by atoms with van der Waals surface area (Å²) in [5.74, 6) is -0.345. The molecule has 2 aromatic rings. The highest BCUT2D eigenvalue weighted by Crippen LogP contribution is 2.30. The van der Waals surface area contributed by atoms with Gasteiger partial charge in [0.2, 0.25) is 0 Å². The second kappa shape index (κ2) is 8.90. The third-order valence-electron chi connectivity index (χ3n) is 3.97. The SMILES string of the molecule is COC(=O)c1ccc(C(=O)OCC(=O)NC[C@@H]2COc3ccccc3O2)cc1. The minimum atomic E-state index is -0.669. The lowest BCUT2D eigenvalue weighted by atomic mass is 10.1. The van der Waals surface area contributed by atoms with E-state index in [2.05, 4.69) is 10.1 Å². The summed E-state index contributed by atoms with van der Waals surface area (Å²) >= 11 is 0. The number of ether oxygens (including phenoxy) is 4. The Hall–Kier alpha value is -3.55. The van der Waals surface area contributed by atoms with Crippen molar-refractivity contribution in [2.24, 2.45) is 0 Å². The Labute approximate surface area is 161 Å². The molecule has 0 aromatic heterocycles. The highest BCUT2D eigenvalue weighted by Gasteiger charge is 2.21. The number of hydrogen-bond donors (Lipinski definition) is 1. The van der Waals surface area contributed by atoms with Gasteiger partial charge in [-0.1, -0.05) is 12.1 Å². The van der Waals surface area contributed by atoms with Crippen molar-refractivity contribution in [1.29, 1.82) is 0 Å². The van der Waals surface area contributed by atoms with Crippen molar-refractivity contribution in [2.75, 3.05) is 26.9 Å². The summed E-state index contributed by atoms with van der Waals surface area (Å²) in [7, 11) is 1.27. The summed E-state index contributed by atoms with van der Waals surface area (Å²) in [6.07, 6.45) is -0.333. The molecule has 1 N–H and O–H groups in total. The quantitative estimate of drug-likeness (QED) is 0.754. The van der Waals surface area contributed by atoms with Crippen molar-refractivity contribution >= 4 is 17.8 Å². The van der Waals surface area contributed by atoms with Crippen LogP contribution in [0.15, 0.2) is 48.5 Å². The predicted octanol–water partition coefficient (Wildman–Crippen LogP) is 1.59. The van der Waals surface area contributed by atoms with Crippen LogP contribution < -0.4 is 14.8 Å². The second-order valence-electron chi connectivity index (χ2n) is 5.95. The lowest BCUT2D eigenvalue weighted by Gasteiger charge is -2.26. The number of methoxy groups -OCH3 is 1. The molecule has 0 bridgehead atoms. The van der Waals surface area contributed by atoms with Crippen LogP contribution in [0.3, 0.4) is 0 Å². The molecule has 8 heteroatoms. The van der Waals surface area contributed by atoms with E-state index in [1.54, 1.807) is 12.1 Å². The molecular weight excluding hydrogens is 366 g/mol. The average molecular weight is 385 g/mol. The van der Waals surface area contributed by atoms with Gasteiger partial charge in [-0.05, 0) is 36.4 Å². The first kappa shape index (κ1) is 19.2. The Bertz CT molecular complexity index is 863. The van der Waals surface area contributed by atoms with Crippen molar-refractivity contribution in [1.82, 2.24) is 5.32 Å². The van der Waals surface area contributed by atoms with E-state index in [0.717, 1.165) is 0 Å². The molecule has 3 rings (SSSR count). The first-order valence-corrected chi connectivity index (χ1v) is 8.57. The maximum absolute atomic E-state index is 12.0. The molecule has 0 saturated heterocycles. The van der Waals surface area contributed by atoms with Crippen LogP contribution in [0.1, 0.15) is 20.7 Å². The molecule has 0 aliphatic carbocycles. The molecule has 0 radical (unpaired) electrons. The van der Waals surface area contributed by atoms with Gasteiger partial charge in [-0.15, -0.1) is 0 Å². The Morgan fingerprint density at radius 1 is 1.00 bits per heavy atom. The first-order chi connectivity index (χ1) is 13.6. The molecule has 28 heavy (non-hydrogen) atoms. The van der Waals surface area contributed by atoms with Gasteiger partial charge in [0.25, 0.3) is 5.91 Å². The van der Waals surface area contributed by atoms with Crippen molar-refractivity contribution in [3.8, 4) is 11.5 Å². The van der Waals surface area contributed by atoms with E-state index in [9.17, 15) is 14.4 Å². The van der Waals surface area contributed by atoms with Crippen LogP contribution in [0.2, 0.25) is 0 Å². The van der Waals surface area contributed by atoms with Gasteiger partial charge in [-0.2, -0.15) is 0 Å². The summed E-state index contributed by atoms with van der Waals surface area (Å²) in [5.41, 5.74) is 0.536. The monoisotopic (exact) mass is 385 g/mol. The molecule has 1 aliphatic heterocycles. The molecule has 146 valence electrons. The standard InChI is InChI=1S/C20H19NO7/c1-25-19(23)13-6-8-14(9-7-13)20(24)27-12-18(22)21-10-15-11-26-16-4-2-3-5-17(16)28-15/h2-9,15H,10-12H2,1H3,(H,21,22)/t15-/m1/s1. The molecule has 1 amide bonds. The third kappa shape index (κ3) is 4.79. The summed E-state index contributed by atoms with van der Waals surface area (Å²) in [6, 6.07) is 13.0. The van der Waals surface area contributed by atoms with Gasteiger partial charge in [0, 0.05) is 0 Å². The number of esters is 2. The van der Waals surface area contributed by atoms with Crippen LogP contribution in [0.5, 0.6) is 11.5 Å². The third-order valence-corrected chi connectivity index (χ3v) is 3.97. The van der Waals surface area contributed by atoms with Crippen LogP contribution in [0.25, 0.3) is 0 Å². The minimum absolute atomic E-state index is 0.221. The van der Waals surface area contributed by atoms with Crippen LogP contribution >= 0.6 is 0 Å². The Morgan fingerprint density at radius 3 is 2.32 bits per heavy atom. The van der Waals surface area contributed by atoms with Crippen molar-refractivity contribution in [3.63, 3.8) is 0 Å². The maximum atomic E-state index is 12.0. The largest absolute Gasteiger partial charge is 0.486 e. The predicted molar refractivity (Wildman–Crippen MR) is 97.4 cm³/mol. The molecule has 0 saturated carbocycles. The van der Waals surface area contributed by atoms with Crippen molar-refractivity contribution in [3.05, 3.63) is 59.7 Å². The summed E-state index contributed by atoms with van der Waals surface area (Å²) in [4.78, 5) is 35.3. The number of carbonyl (C=O) groups excluding carboxylic acids is 3. The van der Waals surface area contributed by atoms with Crippen LogP contribution in [0, 0.1) is 0 Å². The lowest BCUT2D eigenvalue weighted by Crippen LogP contribution is -2.42. The van der Waals surface area contributed by atoms with Gasteiger partial charge in [-0.25, -0.2) is 9.59 Å². The Morgan fingerprint density at radius 2 is 1.64 bits per heavy atom. The summed E-state index contributed by atoms with van der Waals surface area (Å²) in [5, 5.41) is 2.64. The normalized spacial score (nSPS) is 14.7. The van der Waals surface area contributed by atoms with Gasteiger partial charge in [0.1, 0.15) is 12.7 Å². The minimum Gasteiger partial charge on any atom is -0.486 e. The molecule has 0 unspecified atom stereocenters. The lowest BCUT2D eigenvalue weighted by molar-refractivity contribution is -0.124. The zero-order valence-electron chi connectivity index (χ0n) is 15.2. The number of benzene rings is 2. The number of nitrogens with one attached hydrogen (secondary N) is 1. The van der Waals surface area contributed by atoms with Crippen LogP contribution in [0.4, 0.5) is 0 Å². The number of hydrogen-bond acceptors (Lipinski definition) is 7. The highest BCUT2D eigenvalue weighted by molar-refractivity contribution is 5.94. The van der Waals surface area contributed by atoms with Gasteiger partial charge >= 0.3 is 11.9 Å². The van der Waals surface area contributed by atoms with Crippen molar-refractivity contribution in [2.45, 2.75) is 6.10 Å². The van der Waals surface area contributed by atoms with E-state index < -0.39 is 24.5 Å². The smallest absolute Gasteiger partial charge is 0.338 e. The van der Waals surface area contributed by atoms with Gasteiger partial charge in [0.15, 0.2) is 18.1 Å². The molecule has 1 atom stereocenters. The molecule has 1 heterocycles. The van der Waals surface area contributed by atoms with Crippen LogP contribution in [-0.2, 0) is 14.3 Å². The number of amides is 1. The molecule has 1 aliphatic rings. The fourth-order valence-corrected chi connectivity index (χ4v) is 2.52. The number of carbonyl (C=O) groups is 3. The molecule has 2 aromatic carbocycles. The van der Waals surface area contributed by atoms with Gasteiger partial charge in [-0.3, -0.25) is 4.79 Å². The zero-order chi connectivity index (χ0) is 19.9. The molecule has 8 nitrogen and oxygen atoms in total. The number of rotatable bonds is 6. The van der Waals surface area contributed by atoms with E-state index in [1.807, 2.05) is 12.1 Å². The van der Waals surface area contributed by atoms with Gasteiger partial charge in [0.05, 0.1) is 24.8 Å².